The number of likely N-dealkylation sites (tertiary alicyclic amines) is 1. The number of carbonyl (C=O) groups excluding carboxylic acids is 2. The van der Waals surface area contributed by atoms with Crippen molar-refractivity contribution in [1.82, 2.24) is 14.8 Å². The van der Waals surface area contributed by atoms with E-state index in [0.717, 1.165) is 19.3 Å². The Morgan fingerprint density at radius 3 is 2.55 bits per heavy atom. The Hall–Kier alpha value is -3.13. The molecule has 0 unspecified atom stereocenters. The summed E-state index contributed by atoms with van der Waals surface area (Å²) in [7, 11) is 1.57. The van der Waals surface area contributed by atoms with Gasteiger partial charge >= 0.3 is 0 Å². The molecular weight excluding hydrogens is 422 g/mol. The molecule has 0 bridgehead atoms. The SMILES string of the molecule is COc1ccccc1-c1ccc2n(c1=O)C[C@@H]1[C@@H](CO)[C@H](C(=O)NC3CCC3)N(C(C)=O)[C@H]21. The van der Waals surface area contributed by atoms with E-state index >= 15 is 0 Å². The predicted molar refractivity (Wildman–Crippen MR) is 122 cm³/mol. The monoisotopic (exact) mass is 451 g/mol. The van der Waals surface area contributed by atoms with Crippen molar-refractivity contribution in [3.05, 3.63) is 52.4 Å². The van der Waals surface area contributed by atoms with Crippen molar-refractivity contribution in [2.24, 2.45) is 11.8 Å². The number of pyridine rings is 1. The van der Waals surface area contributed by atoms with Gasteiger partial charge in [0.1, 0.15) is 11.8 Å². The molecule has 174 valence electrons. The van der Waals surface area contributed by atoms with Crippen molar-refractivity contribution in [2.45, 2.75) is 50.9 Å². The number of amides is 2. The fourth-order valence-electron chi connectivity index (χ4n) is 5.76. The highest BCUT2D eigenvalue weighted by Crippen LogP contribution is 2.49. The van der Waals surface area contributed by atoms with Gasteiger partial charge in [-0.15, -0.1) is 0 Å². The Labute approximate surface area is 192 Å². The minimum absolute atomic E-state index is 0.143. The maximum atomic E-state index is 13.5. The predicted octanol–water partition coefficient (Wildman–Crippen LogP) is 1.70. The van der Waals surface area contributed by atoms with Gasteiger partial charge in [0, 0.05) is 49.2 Å². The van der Waals surface area contributed by atoms with Crippen LogP contribution in [0.1, 0.15) is 37.9 Å². The number of aromatic nitrogens is 1. The molecule has 3 aliphatic rings. The van der Waals surface area contributed by atoms with E-state index in [0.29, 0.717) is 29.1 Å². The van der Waals surface area contributed by atoms with E-state index in [4.69, 9.17) is 4.74 Å². The standard InChI is InChI=1S/C25H29N3O5/c1-14(30)28-22-18(19(13-29)23(28)24(31)26-15-6-5-7-15)12-27-20(22)11-10-17(25(27)32)16-8-3-4-9-21(16)33-2/h3-4,8-11,15,18-19,22-23,29H,5-7,12-13H2,1-2H3,(H,26,31)/t18-,19-,22+,23-/m1/s1. The zero-order valence-corrected chi connectivity index (χ0v) is 18.9. The molecule has 2 amide bonds. The highest BCUT2D eigenvalue weighted by atomic mass is 16.5. The molecular formula is C25H29N3O5. The second kappa shape index (κ2) is 8.33. The number of methoxy groups -OCH3 is 1. The lowest BCUT2D eigenvalue weighted by Gasteiger charge is -2.33. The summed E-state index contributed by atoms with van der Waals surface area (Å²) in [6.45, 7) is 1.57. The Balaban J connectivity index is 1.55. The molecule has 2 N–H and O–H groups in total. The van der Waals surface area contributed by atoms with E-state index < -0.39 is 18.0 Å². The van der Waals surface area contributed by atoms with Crippen molar-refractivity contribution in [3.8, 4) is 16.9 Å². The molecule has 1 aliphatic carbocycles. The van der Waals surface area contributed by atoms with E-state index in [2.05, 4.69) is 5.32 Å². The van der Waals surface area contributed by atoms with Crippen molar-refractivity contribution in [3.63, 3.8) is 0 Å². The van der Waals surface area contributed by atoms with E-state index in [1.807, 2.05) is 30.3 Å². The Morgan fingerprint density at radius 2 is 1.91 bits per heavy atom. The molecule has 2 aromatic rings. The Kier molecular flexibility index (Phi) is 5.48. The van der Waals surface area contributed by atoms with Gasteiger partial charge < -0.3 is 24.6 Å². The number of ether oxygens (including phenoxy) is 1. The van der Waals surface area contributed by atoms with E-state index in [9.17, 15) is 19.5 Å². The van der Waals surface area contributed by atoms with E-state index in [1.165, 1.54) is 6.92 Å². The van der Waals surface area contributed by atoms with Gasteiger partial charge in [-0.2, -0.15) is 0 Å². The van der Waals surface area contributed by atoms with E-state index in [1.54, 1.807) is 22.6 Å². The van der Waals surface area contributed by atoms with Crippen molar-refractivity contribution >= 4 is 11.8 Å². The second-order valence-electron chi connectivity index (χ2n) is 9.25. The van der Waals surface area contributed by atoms with Crippen molar-refractivity contribution in [2.75, 3.05) is 13.7 Å². The van der Waals surface area contributed by atoms with Gasteiger partial charge in [-0.05, 0) is 37.5 Å². The number of hydrogen-bond donors (Lipinski definition) is 2. The summed E-state index contributed by atoms with van der Waals surface area (Å²) >= 11 is 0. The lowest BCUT2D eigenvalue weighted by atomic mass is 9.87. The van der Waals surface area contributed by atoms with Gasteiger partial charge in [0.25, 0.3) is 5.56 Å². The molecule has 8 heteroatoms. The van der Waals surface area contributed by atoms with Gasteiger partial charge in [-0.1, -0.05) is 18.2 Å². The van der Waals surface area contributed by atoms with Gasteiger partial charge in [0.2, 0.25) is 11.8 Å². The lowest BCUT2D eigenvalue weighted by Crippen LogP contribution is -2.53. The minimum Gasteiger partial charge on any atom is -0.496 e. The topological polar surface area (TPSA) is 101 Å². The Morgan fingerprint density at radius 1 is 1.15 bits per heavy atom. The van der Waals surface area contributed by atoms with Gasteiger partial charge in [0.15, 0.2) is 0 Å². The number of para-hydroxylation sites is 1. The van der Waals surface area contributed by atoms with Crippen LogP contribution >= 0.6 is 0 Å². The fourth-order valence-corrected chi connectivity index (χ4v) is 5.76. The summed E-state index contributed by atoms with van der Waals surface area (Å²) in [5, 5.41) is 13.3. The van der Waals surface area contributed by atoms with Crippen LogP contribution in [-0.2, 0) is 16.1 Å². The number of nitrogens with zero attached hydrogens (tertiary/aromatic N) is 2. The zero-order chi connectivity index (χ0) is 23.3. The maximum absolute atomic E-state index is 13.5. The normalized spacial score (nSPS) is 25.8. The third-order valence-corrected chi connectivity index (χ3v) is 7.56. The third kappa shape index (κ3) is 3.35. The molecule has 2 fully saturated rings. The summed E-state index contributed by atoms with van der Waals surface area (Å²) in [5.41, 5.74) is 1.76. The second-order valence-corrected chi connectivity index (χ2v) is 9.25. The van der Waals surface area contributed by atoms with Crippen LogP contribution in [0.2, 0.25) is 0 Å². The molecule has 1 saturated heterocycles. The van der Waals surface area contributed by atoms with Crippen LogP contribution in [0.25, 0.3) is 11.1 Å². The first-order chi connectivity index (χ1) is 16.0. The maximum Gasteiger partial charge on any atom is 0.258 e. The van der Waals surface area contributed by atoms with Gasteiger partial charge in [-0.25, -0.2) is 0 Å². The number of aliphatic hydroxyl groups excluding tert-OH is 1. The molecule has 0 spiro atoms. The summed E-state index contributed by atoms with van der Waals surface area (Å²) in [6, 6.07) is 9.98. The van der Waals surface area contributed by atoms with Crippen LogP contribution in [0.5, 0.6) is 5.75 Å². The van der Waals surface area contributed by atoms with Crippen LogP contribution in [0.3, 0.4) is 0 Å². The van der Waals surface area contributed by atoms with Gasteiger partial charge in [-0.3, -0.25) is 14.4 Å². The number of aliphatic hydroxyl groups is 1. The number of rotatable bonds is 5. The summed E-state index contributed by atoms with van der Waals surface area (Å²) in [5.74, 6) is -0.475. The molecule has 1 saturated carbocycles. The van der Waals surface area contributed by atoms with Crippen LogP contribution in [0, 0.1) is 11.8 Å². The molecule has 0 radical (unpaired) electrons. The molecule has 3 heterocycles. The first-order valence-electron chi connectivity index (χ1n) is 11.5. The van der Waals surface area contributed by atoms with Crippen LogP contribution < -0.4 is 15.6 Å². The summed E-state index contributed by atoms with van der Waals surface area (Å²) in [4.78, 5) is 41.0. The van der Waals surface area contributed by atoms with Crippen LogP contribution in [-0.4, -0.2) is 52.2 Å². The number of benzene rings is 1. The van der Waals surface area contributed by atoms with Crippen molar-refractivity contribution < 1.29 is 19.4 Å². The first kappa shape index (κ1) is 21.7. The highest BCUT2D eigenvalue weighted by Gasteiger charge is 2.56. The average Bonchev–Trinajstić information content (AvgIpc) is 3.31. The Bertz CT molecular complexity index is 1150. The van der Waals surface area contributed by atoms with Crippen LogP contribution in [0.15, 0.2) is 41.2 Å². The minimum atomic E-state index is -0.735. The first-order valence-corrected chi connectivity index (χ1v) is 11.5. The third-order valence-electron chi connectivity index (χ3n) is 7.56. The number of nitrogens with one attached hydrogen (secondary N) is 1. The van der Waals surface area contributed by atoms with E-state index in [-0.39, 0.29) is 35.9 Å². The summed E-state index contributed by atoms with van der Waals surface area (Å²) in [6.07, 6.45) is 2.98. The molecule has 4 atom stereocenters. The van der Waals surface area contributed by atoms with Gasteiger partial charge in [0.05, 0.1) is 18.7 Å². The molecule has 5 rings (SSSR count). The molecule has 8 nitrogen and oxygen atoms in total. The smallest absolute Gasteiger partial charge is 0.258 e. The highest BCUT2D eigenvalue weighted by molar-refractivity contribution is 5.88. The van der Waals surface area contributed by atoms with Crippen LogP contribution in [0.4, 0.5) is 0 Å². The molecule has 1 aromatic carbocycles. The molecule has 33 heavy (non-hydrogen) atoms. The zero-order valence-electron chi connectivity index (χ0n) is 18.9. The summed E-state index contributed by atoms with van der Waals surface area (Å²) < 4.78 is 7.13. The average molecular weight is 452 g/mol. The van der Waals surface area contributed by atoms with Crippen molar-refractivity contribution in [1.29, 1.82) is 0 Å². The number of fused-ring (bicyclic) bond motifs is 3. The molecule has 2 aliphatic heterocycles. The largest absolute Gasteiger partial charge is 0.496 e. The molecule has 1 aromatic heterocycles. The quantitative estimate of drug-likeness (QED) is 0.721. The fraction of sp³-hybridized carbons (Fsp3) is 0.480. The number of hydrogen-bond acceptors (Lipinski definition) is 5. The lowest BCUT2D eigenvalue weighted by molar-refractivity contribution is -0.140. The number of carbonyl (C=O) groups is 2.